The Labute approximate surface area is 191 Å². The summed E-state index contributed by atoms with van der Waals surface area (Å²) >= 11 is 0. The van der Waals surface area contributed by atoms with Gasteiger partial charge in [0, 0.05) is 49.3 Å². The van der Waals surface area contributed by atoms with Crippen molar-refractivity contribution in [3.63, 3.8) is 0 Å². The number of nitrogens with zero attached hydrogens (tertiary/aromatic N) is 4. The fraction of sp³-hybridized carbons (Fsp3) is 1.00. The molecule has 0 aliphatic rings. The predicted molar refractivity (Wildman–Crippen MR) is 137 cm³/mol. The van der Waals surface area contributed by atoms with E-state index >= 15 is 0 Å². The van der Waals surface area contributed by atoms with Crippen LogP contribution in [-0.2, 0) is 0 Å². The van der Waals surface area contributed by atoms with Gasteiger partial charge in [-0.05, 0) is 122 Å². The molecular formula is C26H58N4. The van der Waals surface area contributed by atoms with E-state index in [-0.39, 0.29) is 0 Å². The third-order valence-electron chi connectivity index (χ3n) is 6.81. The molecule has 4 nitrogen and oxygen atoms in total. The molecule has 1 unspecified atom stereocenters. The Balaban J connectivity index is 4.54. The third-order valence-corrected chi connectivity index (χ3v) is 6.81. The smallest absolute Gasteiger partial charge is 0.0115 e. The van der Waals surface area contributed by atoms with Crippen LogP contribution in [0.5, 0.6) is 0 Å². The van der Waals surface area contributed by atoms with Crippen molar-refractivity contribution in [3.8, 4) is 0 Å². The van der Waals surface area contributed by atoms with Crippen LogP contribution >= 0.6 is 0 Å². The zero-order valence-electron chi connectivity index (χ0n) is 22.9. The van der Waals surface area contributed by atoms with E-state index in [1.807, 2.05) is 0 Å². The molecule has 0 heterocycles. The molecule has 0 saturated carbocycles. The van der Waals surface area contributed by atoms with Gasteiger partial charge in [0.15, 0.2) is 0 Å². The van der Waals surface area contributed by atoms with Crippen LogP contribution < -0.4 is 0 Å². The molecule has 0 aromatic heterocycles. The van der Waals surface area contributed by atoms with E-state index in [1.165, 1.54) is 52.0 Å². The molecule has 182 valence electrons. The largest absolute Gasteiger partial charge is 0.304 e. The molecule has 0 bridgehead atoms. The van der Waals surface area contributed by atoms with Crippen molar-refractivity contribution in [1.29, 1.82) is 0 Å². The molecule has 0 rings (SSSR count). The van der Waals surface area contributed by atoms with Crippen LogP contribution in [0.3, 0.4) is 0 Å². The van der Waals surface area contributed by atoms with Gasteiger partial charge in [0.25, 0.3) is 0 Å². The van der Waals surface area contributed by atoms with Crippen molar-refractivity contribution in [2.24, 2.45) is 0 Å². The van der Waals surface area contributed by atoms with Crippen molar-refractivity contribution in [2.45, 2.75) is 132 Å². The van der Waals surface area contributed by atoms with E-state index in [1.54, 1.807) is 0 Å². The Bertz CT molecular complexity index is 398. The minimum atomic E-state index is 0.619. The van der Waals surface area contributed by atoms with Crippen molar-refractivity contribution in [3.05, 3.63) is 0 Å². The maximum absolute atomic E-state index is 2.72. The van der Waals surface area contributed by atoms with E-state index in [2.05, 4.69) is 103 Å². The normalized spacial score (nSPS) is 14.3. The van der Waals surface area contributed by atoms with Gasteiger partial charge in [0.1, 0.15) is 0 Å². The zero-order chi connectivity index (χ0) is 23.4. The molecule has 0 fully saturated rings. The SMILES string of the molecule is CC(C)N(C)CCCN(C(C)C)C(C)CCCN(CCN(C(C)C)C(C)C)C(C)C. The summed E-state index contributed by atoms with van der Waals surface area (Å²) in [5.74, 6) is 0. The highest BCUT2D eigenvalue weighted by Crippen LogP contribution is 2.14. The minimum Gasteiger partial charge on any atom is -0.304 e. The van der Waals surface area contributed by atoms with E-state index < -0.39 is 0 Å². The van der Waals surface area contributed by atoms with E-state index in [0.29, 0.717) is 36.3 Å². The van der Waals surface area contributed by atoms with Gasteiger partial charge >= 0.3 is 0 Å². The van der Waals surface area contributed by atoms with Gasteiger partial charge in [-0.2, -0.15) is 0 Å². The monoisotopic (exact) mass is 426 g/mol. The molecule has 1 atom stereocenters. The second kappa shape index (κ2) is 15.6. The number of rotatable bonds is 17. The highest BCUT2D eigenvalue weighted by atomic mass is 15.2. The van der Waals surface area contributed by atoms with Crippen LogP contribution in [0.15, 0.2) is 0 Å². The average molecular weight is 427 g/mol. The lowest BCUT2D eigenvalue weighted by atomic mass is 10.1. The summed E-state index contributed by atoms with van der Waals surface area (Å²) in [6, 6.07) is 3.78. The average Bonchev–Trinajstić information content (AvgIpc) is 2.62. The minimum absolute atomic E-state index is 0.619. The molecule has 0 aliphatic heterocycles. The van der Waals surface area contributed by atoms with Crippen LogP contribution in [-0.4, -0.2) is 95.6 Å². The van der Waals surface area contributed by atoms with Gasteiger partial charge in [-0.3, -0.25) is 14.7 Å². The van der Waals surface area contributed by atoms with Crippen LogP contribution in [0, 0.1) is 0 Å². The summed E-state index contributed by atoms with van der Waals surface area (Å²) in [5.41, 5.74) is 0. The molecule has 0 aliphatic carbocycles. The van der Waals surface area contributed by atoms with Crippen molar-refractivity contribution < 1.29 is 0 Å². The second-order valence-corrected chi connectivity index (χ2v) is 10.8. The van der Waals surface area contributed by atoms with Crippen LogP contribution in [0.4, 0.5) is 0 Å². The lowest BCUT2D eigenvalue weighted by Gasteiger charge is -2.36. The highest BCUT2D eigenvalue weighted by Gasteiger charge is 2.19. The first-order valence-corrected chi connectivity index (χ1v) is 12.8. The quantitative estimate of drug-likeness (QED) is 0.308. The molecular weight excluding hydrogens is 368 g/mol. The summed E-state index contributed by atoms with van der Waals surface area (Å²) < 4.78 is 0. The Morgan fingerprint density at radius 3 is 1.43 bits per heavy atom. The predicted octanol–water partition coefficient (Wildman–Crippen LogP) is 5.43. The van der Waals surface area contributed by atoms with Gasteiger partial charge < -0.3 is 4.90 Å². The van der Waals surface area contributed by atoms with Gasteiger partial charge in [-0.15, -0.1) is 0 Å². The maximum atomic E-state index is 2.72. The van der Waals surface area contributed by atoms with Gasteiger partial charge in [-0.25, -0.2) is 0 Å². The Kier molecular flexibility index (Phi) is 15.5. The topological polar surface area (TPSA) is 13.0 Å². The standard InChI is InChI=1S/C26H58N4/c1-21(2)27(12)16-14-18-30(25(9)10)26(11)15-13-17-28(22(3)4)19-20-29(23(5)6)24(7)8/h21-26H,13-20H2,1-12H3. The van der Waals surface area contributed by atoms with Crippen molar-refractivity contribution >= 4 is 0 Å². The third kappa shape index (κ3) is 12.0. The highest BCUT2D eigenvalue weighted by molar-refractivity contribution is 4.75. The summed E-state index contributed by atoms with van der Waals surface area (Å²) in [6.45, 7) is 31.7. The lowest BCUT2D eigenvalue weighted by Crippen LogP contribution is -2.45. The molecule has 0 amide bonds. The van der Waals surface area contributed by atoms with E-state index in [4.69, 9.17) is 0 Å². The number of hydrogen-bond donors (Lipinski definition) is 0. The second-order valence-electron chi connectivity index (χ2n) is 10.8. The summed E-state index contributed by atoms with van der Waals surface area (Å²) in [7, 11) is 2.24. The first-order chi connectivity index (χ1) is 13.9. The fourth-order valence-corrected chi connectivity index (χ4v) is 4.49. The van der Waals surface area contributed by atoms with Gasteiger partial charge in [0.2, 0.25) is 0 Å². The molecule has 0 aromatic carbocycles. The molecule has 0 saturated heterocycles. The van der Waals surface area contributed by atoms with Crippen LogP contribution in [0.25, 0.3) is 0 Å². The molecule has 0 N–H and O–H groups in total. The summed E-state index contributed by atoms with van der Waals surface area (Å²) in [6.07, 6.45) is 3.84. The molecule has 0 aromatic rings. The Morgan fingerprint density at radius 1 is 0.467 bits per heavy atom. The first-order valence-electron chi connectivity index (χ1n) is 12.8. The summed E-state index contributed by atoms with van der Waals surface area (Å²) in [5, 5.41) is 0. The fourth-order valence-electron chi connectivity index (χ4n) is 4.49. The van der Waals surface area contributed by atoms with Crippen LogP contribution in [0.2, 0.25) is 0 Å². The maximum Gasteiger partial charge on any atom is 0.0115 e. The lowest BCUT2D eigenvalue weighted by molar-refractivity contribution is 0.118. The molecule has 30 heavy (non-hydrogen) atoms. The number of hydrogen-bond acceptors (Lipinski definition) is 4. The molecule has 0 spiro atoms. The zero-order valence-corrected chi connectivity index (χ0v) is 22.9. The summed E-state index contributed by atoms with van der Waals surface area (Å²) in [4.78, 5) is 10.5. The van der Waals surface area contributed by atoms with Crippen LogP contribution in [0.1, 0.15) is 95.4 Å². The van der Waals surface area contributed by atoms with E-state index in [0.717, 1.165) is 0 Å². The van der Waals surface area contributed by atoms with E-state index in [9.17, 15) is 0 Å². The van der Waals surface area contributed by atoms with Gasteiger partial charge in [0.05, 0.1) is 0 Å². The first kappa shape index (κ1) is 29.8. The van der Waals surface area contributed by atoms with Crippen molar-refractivity contribution in [1.82, 2.24) is 19.6 Å². The Hall–Kier alpha value is -0.160. The van der Waals surface area contributed by atoms with Crippen molar-refractivity contribution in [2.75, 3.05) is 39.8 Å². The Morgan fingerprint density at radius 2 is 1.00 bits per heavy atom. The molecule has 0 radical (unpaired) electrons. The van der Waals surface area contributed by atoms with Gasteiger partial charge in [-0.1, -0.05) is 0 Å². The molecule has 4 heteroatoms.